The fourth-order valence-electron chi connectivity index (χ4n) is 2.72. The zero-order valence-electron chi connectivity index (χ0n) is 15.5. The molecule has 0 saturated heterocycles. The topological polar surface area (TPSA) is 66.5 Å². The Morgan fingerprint density at radius 2 is 1.65 bits per heavy atom. The predicted molar refractivity (Wildman–Crippen MR) is 106 cm³/mol. The van der Waals surface area contributed by atoms with Crippen molar-refractivity contribution in [2.45, 2.75) is 26.2 Å². The second-order valence-corrected chi connectivity index (χ2v) is 8.60. The second-order valence-electron chi connectivity index (χ2n) is 6.62. The lowest BCUT2D eigenvalue weighted by atomic mass is 10.0. The predicted octanol–water partition coefficient (Wildman–Crippen LogP) is 3.25. The molecule has 5 nitrogen and oxygen atoms in total. The molecule has 1 amide bonds. The first-order valence-corrected chi connectivity index (χ1v) is 10.5. The van der Waals surface area contributed by atoms with E-state index in [1.165, 1.54) is 4.31 Å². The lowest BCUT2D eigenvalue weighted by Crippen LogP contribution is -2.38. The van der Waals surface area contributed by atoms with E-state index in [-0.39, 0.29) is 24.9 Å². The highest BCUT2D eigenvalue weighted by Crippen LogP contribution is 2.23. The highest BCUT2D eigenvalue weighted by molar-refractivity contribution is 7.88. The first-order chi connectivity index (χ1) is 12.3. The molecule has 0 bridgehead atoms. The number of anilines is 1. The summed E-state index contributed by atoms with van der Waals surface area (Å²) in [6.07, 6.45) is 1.69. The SMILES string of the molecule is CC(C)c1ccccc1NC(=O)CN(CCc1ccccc1)S(C)(=O)=O. The Balaban J connectivity index is 2.05. The van der Waals surface area contributed by atoms with Gasteiger partial charge in [-0.1, -0.05) is 62.4 Å². The van der Waals surface area contributed by atoms with E-state index in [2.05, 4.69) is 5.32 Å². The molecule has 2 aromatic carbocycles. The molecule has 1 N–H and O–H groups in total. The van der Waals surface area contributed by atoms with Crippen LogP contribution in [-0.4, -0.2) is 38.0 Å². The molecule has 0 radical (unpaired) electrons. The quantitative estimate of drug-likeness (QED) is 0.771. The summed E-state index contributed by atoms with van der Waals surface area (Å²) in [5, 5.41) is 2.85. The second kappa shape index (κ2) is 8.96. The van der Waals surface area contributed by atoms with Crippen molar-refractivity contribution >= 4 is 21.6 Å². The molecule has 0 unspecified atom stereocenters. The first kappa shape index (κ1) is 20.1. The summed E-state index contributed by atoms with van der Waals surface area (Å²) in [5.41, 5.74) is 2.78. The van der Waals surface area contributed by atoms with Crippen molar-refractivity contribution < 1.29 is 13.2 Å². The van der Waals surface area contributed by atoms with Gasteiger partial charge in [0.2, 0.25) is 15.9 Å². The molecular formula is C20H26N2O3S. The monoisotopic (exact) mass is 374 g/mol. The normalized spacial score (nSPS) is 11.7. The van der Waals surface area contributed by atoms with Crippen LogP contribution in [0.25, 0.3) is 0 Å². The minimum absolute atomic E-state index is 0.196. The molecule has 0 aliphatic heterocycles. The van der Waals surface area contributed by atoms with E-state index in [0.717, 1.165) is 23.1 Å². The van der Waals surface area contributed by atoms with Gasteiger partial charge in [-0.15, -0.1) is 0 Å². The third-order valence-corrected chi connectivity index (χ3v) is 5.39. The lowest BCUT2D eigenvalue weighted by molar-refractivity contribution is -0.116. The molecule has 0 aliphatic carbocycles. The van der Waals surface area contributed by atoms with Gasteiger partial charge in [0, 0.05) is 12.2 Å². The molecule has 0 spiro atoms. The fourth-order valence-corrected chi connectivity index (χ4v) is 3.50. The summed E-state index contributed by atoms with van der Waals surface area (Å²) >= 11 is 0. The molecule has 0 saturated carbocycles. The maximum atomic E-state index is 12.4. The van der Waals surface area contributed by atoms with Crippen LogP contribution in [0.1, 0.15) is 30.9 Å². The van der Waals surface area contributed by atoms with Crippen LogP contribution in [-0.2, 0) is 21.2 Å². The summed E-state index contributed by atoms with van der Waals surface area (Å²) in [5.74, 6) is -0.0767. The number of sulfonamides is 1. The van der Waals surface area contributed by atoms with Gasteiger partial charge in [-0.25, -0.2) is 8.42 Å². The molecular weight excluding hydrogens is 348 g/mol. The van der Waals surface area contributed by atoms with Gasteiger partial charge in [0.1, 0.15) is 0 Å². The van der Waals surface area contributed by atoms with Gasteiger partial charge in [-0.05, 0) is 29.5 Å². The Kier molecular flexibility index (Phi) is 6.94. The van der Waals surface area contributed by atoms with E-state index in [1.54, 1.807) is 0 Å². The largest absolute Gasteiger partial charge is 0.325 e. The van der Waals surface area contributed by atoms with Gasteiger partial charge >= 0.3 is 0 Å². The number of hydrogen-bond donors (Lipinski definition) is 1. The zero-order chi connectivity index (χ0) is 19.2. The molecule has 0 fully saturated rings. The minimum atomic E-state index is -3.48. The standard InChI is InChI=1S/C20H26N2O3S/c1-16(2)18-11-7-8-12-19(18)21-20(23)15-22(26(3,24)25)14-13-17-9-5-4-6-10-17/h4-12,16H,13-15H2,1-3H3,(H,21,23). The van der Waals surface area contributed by atoms with Crippen molar-refractivity contribution in [3.8, 4) is 0 Å². The highest BCUT2D eigenvalue weighted by Gasteiger charge is 2.20. The van der Waals surface area contributed by atoms with Crippen molar-refractivity contribution in [2.75, 3.05) is 24.7 Å². The summed E-state index contributed by atoms with van der Waals surface area (Å²) in [6.45, 7) is 4.17. The first-order valence-electron chi connectivity index (χ1n) is 8.65. The summed E-state index contributed by atoms with van der Waals surface area (Å²) in [4.78, 5) is 12.4. The number of benzene rings is 2. The summed E-state index contributed by atoms with van der Waals surface area (Å²) in [7, 11) is -3.48. The van der Waals surface area contributed by atoms with Gasteiger partial charge in [-0.2, -0.15) is 4.31 Å². The van der Waals surface area contributed by atoms with Gasteiger partial charge < -0.3 is 5.32 Å². The van der Waals surface area contributed by atoms with Crippen LogP contribution < -0.4 is 5.32 Å². The maximum absolute atomic E-state index is 12.4. The van der Waals surface area contributed by atoms with Gasteiger partial charge in [0.05, 0.1) is 12.8 Å². The van der Waals surface area contributed by atoms with Crippen molar-refractivity contribution in [1.29, 1.82) is 0 Å². The molecule has 0 aromatic heterocycles. The minimum Gasteiger partial charge on any atom is -0.325 e. The molecule has 0 atom stereocenters. The van der Waals surface area contributed by atoms with E-state index in [0.29, 0.717) is 6.42 Å². The molecule has 2 rings (SSSR count). The number of nitrogens with one attached hydrogen (secondary N) is 1. The number of carbonyl (C=O) groups is 1. The van der Waals surface area contributed by atoms with E-state index in [9.17, 15) is 13.2 Å². The molecule has 6 heteroatoms. The Labute approximate surface area is 156 Å². The van der Waals surface area contributed by atoms with E-state index >= 15 is 0 Å². The molecule has 2 aromatic rings. The van der Waals surface area contributed by atoms with Crippen LogP contribution in [0.2, 0.25) is 0 Å². The van der Waals surface area contributed by atoms with Crippen molar-refractivity contribution in [3.63, 3.8) is 0 Å². The number of nitrogens with zero attached hydrogens (tertiary/aromatic N) is 1. The van der Waals surface area contributed by atoms with E-state index in [4.69, 9.17) is 0 Å². The van der Waals surface area contributed by atoms with Gasteiger partial charge in [0.15, 0.2) is 0 Å². The Hall–Kier alpha value is -2.18. The average Bonchev–Trinajstić information content (AvgIpc) is 2.58. The highest BCUT2D eigenvalue weighted by atomic mass is 32.2. The number of rotatable bonds is 8. The van der Waals surface area contributed by atoms with Crippen LogP contribution in [0.15, 0.2) is 54.6 Å². The van der Waals surface area contributed by atoms with Crippen LogP contribution in [0.4, 0.5) is 5.69 Å². The number of hydrogen-bond acceptors (Lipinski definition) is 3. The Morgan fingerprint density at radius 3 is 2.27 bits per heavy atom. The van der Waals surface area contributed by atoms with Crippen molar-refractivity contribution in [2.24, 2.45) is 0 Å². The average molecular weight is 375 g/mol. The van der Waals surface area contributed by atoms with Gasteiger partial charge in [-0.3, -0.25) is 4.79 Å². The molecule has 140 valence electrons. The van der Waals surface area contributed by atoms with Crippen molar-refractivity contribution in [1.82, 2.24) is 4.31 Å². The van der Waals surface area contributed by atoms with Crippen LogP contribution >= 0.6 is 0 Å². The number of amides is 1. The zero-order valence-corrected chi connectivity index (χ0v) is 16.3. The number of para-hydroxylation sites is 1. The Bertz CT molecular complexity index is 833. The molecule has 0 heterocycles. The van der Waals surface area contributed by atoms with E-state index < -0.39 is 10.0 Å². The number of carbonyl (C=O) groups excluding carboxylic acids is 1. The maximum Gasteiger partial charge on any atom is 0.239 e. The summed E-state index contributed by atoms with van der Waals surface area (Å²) in [6, 6.07) is 17.2. The van der Waals surface area contributed by atoms with Crippen LogP contribution in [0.3, 0.4) is 0 Å². The summed E-state index contributed by atoms with van der Waals surface area (Å²) < 4.78 is 25.3. The third-order valence-electron chi connectivity index (χ3n) is 4.14. The van der Waals surface area contributed by atoms with Crippen LogP contribution in [0.5, 0.6) is 0 Å². The van der Waals surface area contributed by atoms with Crippen LogP contribution in [0, 0.1) is 0 Å². The van der Waals surface area contributed by atoms with Crippen molar-refractivity contribution in [3.05, 3.63) is 65.7 Å². The lowest BCUT2D eigenvalue weighted by Gasteiger charge is -2.20. The molecule has 26 heavy (non-hydrogen) atoms. The van der Waals surface area contributed by atoms with E-state index in [1.807, 2.05) is 68.4 Å². The smallest absolute Gasteiger partial charge is 0.239 e. The Morgan fingerprint density at radius 1 is 1.04 bits per heavy atom. The van der Waals surface area contributed by atoms with Gasteiger partial charge in [0.25, 0.3) is 0 Å². The third kappa shape index (κ3) is 5.97. The fraction of sp³-hybridized carbons (Fsp3) is 0.350. The molecule has 0 aliphatic rings.